The SMILES string of the molecule is CCc1c(C(=O)N2CCCC(C(=O)NC3CCCCC3)C2)cnn1-c1ccc(F)cc1. The van der Waals surface area contributed by atoms with Gasteiger partial charge in [0.2, 0.25) is 5.91 Å². The Bertz CT molecular complexity index is 918. The molecule has 6 nitrogen and oxygen atoms in total. The molecule has 2 aliphatic rings. The summed E-state index contributed by atoms with van der Waals surface area (Å²) in [5.74, 6) is -0.463. The zero-order chi connectivity index (χ0) is 21.8. The summed E-state index contributed by atoms with van der Waals surface area (Å²) in [6.45, 7) is 3.07. The topological polar surface area (TPSA) is 67.2 Å². The fourth-order valence-corrected chi connectivity index (χ4v) is 4.81. The van der Waals surface area contributed by atoms with Crippen LogP contribution in [-0.2, 0) is 11.2 Å². The van der Waals surface area contributed by atoms with Crippen molar-refractivity contribution in [2.75, 3.05) is 13.1 Å². The average molecular weight is 427 g/mol. The van der Waals surface area contributed by atoms with E-state index in [1.54, 1.807) is 27.9 Å². The predicted octanol–water partition coefficient (Wildman–Crippen LogP) is 3.87. The van der Waals surface area contributed by atoms with Crippen LogP contribution < -0.4 is 5.32 Å². The molecule has 2 fully saturated rings. The second-order valence-corrected chi connectivity index (χ2v) is 8.68. The number of nitrogens with one attached hydrogen (secondary N) is 1. The number of nitrogens with zero attached hydrogens (tertiary/aromatic N) is 3. The highest BCUT2D eigenvalue weighted by Gasteiger charge is 2.31. The van der Waals surface area contributed by atoms with Gasteiger partial charge in [-0.15, -0.1) is 0 Å². The van der Waals surface area contributed by atoms with Gasteiger partial charge in [-0.25, -0.2) is 9.07 Å². The molecule has 1 N–H and O–H groups in total. The maximum atomic E-state index is 13.3. The van der Waals surface area contributed by atoms with Crippen molar-refractivity contribution in [3.63, 3.8) is 0 Å². The van der Waals surface area contributed by atoms with E-state index in [2.05, 4.69) is 10.4 Å². The van der Waals surface area contributed by atoms with E-state index in [9.17, 15) is 14.0 Å². The van der Waals surface area contributed by atoms with Crippen molar-refractivity contribution >= 4 is 11.8 Å². The lowest BCUT2D eigenvalue weighted by Gasteiger charge is -2.33. The molecule has 1 aliphatic heterocycles. The third-order valence-electron chi connectivity index (χ3n) is 6.54. The first-order valence-electron chi connectivity index (χ1n) is 11.5. The summed E-state index contributed by atoms with van der Waals surface area (Å²) in [5, 5.41) is 7.62. The quantitative estimate of drug-likeness (QED) is 0.789. The van der Waals surface area contributed by atoms with E-state index in [0.717, 1.165) is 37.1 Å². The summed E-state index contributed by atoms with van der Waals surface area (Å²) in [6.07, 6.45) is 9.58. The molecule has 1 saturated heterocycles. The number of hydrogen-bond donors (Lipinski definition) is 1. The van der Waals surface area contributed by atoms with Gasteiger partial charge in [-0.1, -0.05) is 26.2 Å². The first-order valence-corrected chi connectivity index (χ1v) is 11.5. The van der Waals surface area contributed by atoms with E-state index in [1.807, 2.05) is 6.92 Å². The van der Waals surface area contributed by atoms with Gasteiger partial charge in [0.25, 0.3) is 5.91 Å². The Labute approximate surface area is 182 Å². The highest BCUT2D eigenvalue weighted by Crippen LogP contribution is 2.24. The van der Waals surface area contributed by atoms with Crippen LogP contribution in [0.2, 0.25) is 0 Å². The van der Waals surface area contributed by atoms with Gasteiger partial charge in [0.1, 0.15) is 5.82 Å². The van der Waals surface area contributed by atoms with Gasteiger partial charge < -0.3 is 10.2 Å². The Kier molecular flexibility index (Phi) is 6.68. The number of benzene rings is 1. The summed E-state index contributed by atoms with van der Waals surface area (Å²) in [6, 6.07) is 6.37. The highest BCUT2D eigenvalue weighted by molar-refractivity contribution is 5.95. The molecule has 4 rings (SSSR count). The molecule has 1 aliphatic carbocycles. The van der Waals surface area contributed by atoms with Crippen LogP contribution in [0.25, 0.3) is 5.69 Å². The lowest BCUT2D eigenvalue weighted by molar-refractivity contribution is -0.127. The zero-order valence-electron chi connectivity index (χ0n) is 18.1. The Hall–Kier alpha value is -2.70. The average Bonchev–Trinajstić information content (AvgIpc) is 3.24. The summed E-state index contributed by atoms with van der Waals surface area (Å²) in [5.41, 5.74) is 2.08. The molecule has 1 unspecified atom stereocenters. The van der Waals surface area contributed by atoms with Crippen molar-refractivity contribution in [2.24, 2.45) is 5.92 Å². The fourth-order valence-electron chi connectivity index (χ4n) is 4.81. The molecule has 31 heavy (non-hydrogen) atoms. The Balaban J connectivity index is 1.46. The summed E-state index contributed by atoms with van der Waals surface area (Å²) < 4.78 is 15.0. The lowest BCUT2D eigenvalue weighted by atomic mass is 9.92. The highest BCUT2D eigenvalue weighted by atomic mass is 19.1. The van der Waals surface area contributed by atoms with Gasteiger partial charge in [-0.05, 0) is 56.4 Å². The molecule has 1 atom stereocenters. The lowest BCUT2D eigenvalue weighted by Crippen LogP contribution is -2.48. The van der Waals surface area contributed by atoms with E-state index in [1.165, 1.54) is 31.4 Å². The molecule has 2 aromatic rings. The normalized spacial score (nSPS) is 19.9. The van der Waals surface area contributed by atoms with E-state index >= 15 is 0 Å². The minimum atomic E-state index is -0.309. The van der Waals surface area contributed by atoms with Crippen molar-refractivity contribution in [3.8, 4) is 5.69 Å². The van der Waals surface area contributed by atoms with Crippen molar-refractivity contribution in [2.45, 2.75) is 64.3 Å². The van der Waals surface area contributed by atoms with E-state index in [0.29, 0.717) is 25.1 Å². The molecular weight excluding hydrogens is 395 g/mol. The van der Waals surface area contributed by atoms with Crippen LogP contribution in [0.1, 0.15) is 67.9 Å². The molecule has 2 heterocycles. The number of hydrogen-bond acceptors (Lipinski definition) is 3. The number of carbonyl (C=O) groups excluding carboxylic acids is 2. The number of halogens is 1. The summed E-state index contributed by atoms with van der Waals surface area (Å²) >= 11 is 0. The smallest absolute Gasteiger partial charge is 0.257 e. The Morgan fingerprint density at radius 3 is 2.55 bits per heavy atom. The predicted molar refractivity (Wildman–Crippen MR) is 117 cm³/mol. The fraction of sp³-hybridized carbons (Fsp3) is 0.542. The minimum absolute atomic E-state index is 0.0830. The Morgan fingerprint density at radius 2 is 1.84 bits per heavy atom. The van der Waals surface area contributed by atoms with Crippen LogP contribution in [0, 0.1) is 11.7 Å². The maximum absolute atomic E-state index is 13.3. The monoisotopic (exact) mass is 426 g/mol. The van der Waals surface area contributed by atoms with Crippen molar-refractivity contribution in [1.29, 1.82) is 0 Å². The molecule has 1 saturated carbocycles. The number of likely N-dealkylation sites (tertiary alicyclic amines) is 1. The summed E-state index contributed by atoms with van der Waals surface area (Å²) in [7, 11) is 0. The maximum Gasteiger partial charge on any atom is 0.257 e. The van der Waals surface area contributed by atoms with Crippen LogP contribution in [-0.4, -0.2) is 45.6 Å². The molecule has 1 aromatic carbocycles. The van der Waals surface area contributed by atoms with Crippen molar-refractivity contribution in [3.05, 3.63) is 47.5 Å². The van der Waals surface area contributed by atoms with Gasteiger partial charge in [-0.3, -0.25) is 9.59 Å². The number of piperidine rings is 1. The third kappa shape index (κ3) is 4.81. The molecule has 0 radical (unpaired) electrons. The van der Waals surface area contributed by atoms with E-state index in [-0.39, 0.29) is 29.6 Å². The van der Waals surface area contributed by atoms with Gasteiger partial charge >= 0.3 is 0 Å². The second kappa shape index (κ2) is 9.62. The molecule has 0 spiro atoms. The molecule has 1 aromatic heterocycles. The van der Waals surface area contributed by atoms with Gasteiger partial charge in [-0.2, -0.15) is 5.10 Å². The Morgan fingerprint density at radius 1 is 1.10 bits per heavy atom. The van der Waals surface area contributed by atoms with Crippen molar-refractivity contribution in [1.82, 2.24) is 20.0 Å². The largest absolute Gasteiger partial charge is 0.353 e. The van der Waals surface area contributed by atoms with E-state index < -0.39 is 0 Å². The van der Waals surface area contributed by atoms with Gasteiger partial charge in [0.05, 0.1) is 29.1 Å². The van der Waals surface area contributed by atoms with Gasteiger partial charge in [0, 0.05) is 19.1 Å². The van der Waals surface area contributed by atoms with Crippen LogP contribution in [0.3, 0.4) is 0 Å². The number of aromatic nitrogens is 2. The molecular formula is C24H31FN4O2. The molecule has 166 valence electrons. The zero-order valence-corrected chi connectivity index (χ0v) is 18.1. The number of amides is 2. The van der Waals surface area contributed by atoms with Crippen LogP contribution >= 0.6 is 0 Å². The summed E-state index contributed by atoms with van der Waals surface area (Å²) in [4.78, 5) is 27.9. The molecule has 2 amide bonds. The first-order chi connectivity index (χ1) is 15.1. The van der Waals surface area contributed by atoms with Crippen LogP contribution in [0.15, 0.2) is 30.5 Å². The van der Waals surface area contributed by atoms with Crippen molar-refractivity contribution < 1.29 is 14.0 Å². The standard InChI is InChI=1S/C24H31FN4O2/c1-2-22-21(15-26-29(22)20-12-10-18(25)11-13-20)24(31)28-14-6-7-17(16-28)23(30)27-19-8-4-3-5-9-19/h10-13,15,17,19H,2-9,14,16H2,1H3,(H,27,30). The number of rotatable bonds is 5. The molecule has 7 heteroatoms. The van der Waals surface area contributed by atoms with Gasteiger partial charge in [0.15, 0.2) is 0 Å². The molecule has 0 bridgehead atoms. The second-order valence-electron chi connectivity index (χ2n) is 8.68. The number of carbonyl (C=O) groups is 2. The van der Waals surface area contributed by atoms with Crippen LogP contribution in [0.4, 0.5) is 4.39 Å². The van der Waals surface area contributed by atoms with E-state index in [4.69, 9.17) is 0 Å². The first kappa shape index (κ1) is 21.5. The minimum Gasteiger partial charge on any atom is -0.353 e. The van der Waals surface area contributed by atoms with Crippen LogP contribution in [0.5, 0.6) is 0 Å². The third-order valence-corrected chi connectivity index (χ3v) is 6.54.